The van der Waals surface area contributed by atoms with Crippen molar-refractivity contribution < 1.29 is 9.59 Å². The van der Waals surface area contributed by atoms with Gasteiger partial charge in [-0.15, -0.1) is 11.3 Å². The molecule has 4 N–H and O–H groups in total. The number of rotatable bonds is 6. The molecular formula is C13H21N3O2S. The molecule has 1 amide bonds. The molecule has 6 heteroatoms. The average Bonchev–Trinajstić information content (AvgIpc) is 2.63. The van der Waals surface area contributed by atoms with Crippen molar-refractivity contribution in [3.63, 3.8) is 0 Å². The molecular weight excluding hydrogens is 262 g/mol. The largest absolute Gasteiger partial charge is 0.397 e. The molecule has 0 saturated carbocycles. The van der Waals surface area contributed by atoms with E-state index >= 15 is 0 Å². The van der Waals surface area contributed by atoms with E-state index in [2.05, 4.69) is 13.8 Å². The lowest BCUT2D eigenvalue weighted by Gasteiger charge is -2.24. The molecule has 0 saturated heterocycles. The Bertz CT molecular complexity index is 494. The molecule has 0 unspecified atom stereocenters. The molecule has 0 atom stereocenters. The van der Waals surface area contributed by atoms with Crippen LogP contribution < -0.4 is 16.4 Å². The lowest BCUT2D eigenvalue weighted by Crippen LogP contribution is -2.28. The Balaban J connectivity index is 3.35. The second-order valence-corrected chi connectivity index (χ2v) is 5.88. The zero-order valence-electron chi connectivity index (χ0n) is 11.8. The molecule has 0 fully saturated rings. The first-order valence-corrected chi connectivity index (χ1v) is 7.09. The van der Waals surface area contributed by atoms with Crippen molar-refractivity contribution in [2.45, 2.75) is 27.7 Å². The van der Waals surface area contributed by atoms with Gasteiger partial charge in [-0.1, -0.05) is 13.8 Å². The van der Waals surface area contributed by atoms with Crippen LogP contribution in [0, 0.1) is 5.92 Å². The Kier molecular flexibility index (Phi) is 4.94. The van der Waals surface area contributed by atoms with Gasteiger partial charge in [0.15, 0.2) is 5.78 Å². The lowest BCUT2D eigenvalue weighted by atomic mass is 10.1. The van der Waals surface area contributed by atoms with Gasteiger partial charge in [0.2, 0.25) is 0 Å². The quantitative estimate of drug-likeness (QED) is 0.782. The highest BCUT2D eigenvalue weighted by atomic mass is 32.1. The van der Waals surface area contributed by atoms with Gasteiger partial charge in [-0.25, -0.2) is 0 Å². The third-order valence-electron chi connectivity index (χ3n) is 2.75. The summed E-state index contributed by atoms with van der Waals surface area (Å²) in [5, 5.41) is 0.700. The van der Waals surface area contributed by atoms with E-state index in [9.17, 15) is 9.59 Å². The van der Waals surface area contributed by atoms with Gasteiger partial charge < -0.3 is 16.4 Å². The number of Topliss-reactive ketones (excluding diaryl/α,β-unsaturated/α-hetero) is 1. The van der Waals surface area contributed by atoms with Crippen molar-refractivity contribution in [1.29, 1.82) is 0 Å². The summed E-state index contributed by atoms with van der Waals surface area (Å²) in [6, 6.07) is 0. The minimum atomic E-state index is -0.585. The normalized spacial score (nSPS) is 10.8. The van der Waals surface area contributed by atoms with Crippen LogP contribution in [0.15, 0.2) is 0 Å². The second-order valence-electron chi connectivity index (χ2n) is 4.88. The highest BCUT2D eigenvalue weighted by Crippen LogP contribution is 2.38. The summed E-state index contributed by atoms with van der Waals surface area (Å²) < 4.78 is 0. The summed E-state index contributed by atoms with van der Waals surface area (Å²) in [6.07, 6.45) is 0. The molecule has 0 aliphatic rings. The van der Waals surface area contributed by atoms with Crippen LogP contribution in [-0.2, 0) is 0 Å². The van der Waals surface area contributed by atoms with Crippen molar-refractivity contribution >= 4 is 33.7 Å². The maximum absolute atomic E-state index is 11.6. The van der Waals surface area contributed by atoms with Gasteiger partial charge in [-0.2, -0.15) is 0 Å². The molecule has 5 nitrogen and oxygen atoms in total. The standard InChI is InChI=1S/C13H21N3O2S/c1-5-16(6-7(2)3)13-9(12(15)18)10(14)11(19-13)8(4)17/h7H,5-6,14H2,1-4H3,(H2,15,18). The SMILES string of the molecule is CCN(CC(C)C)c1sc(C(C)=O)c(N)c1C(N)=O. The molecule has 0 radical (unpaired) electrons. The highest BCUT2D eigenvalue weighted by Gasteiger charge is 2.25. The number of primary amides is 1. The number of carbonyl (C=O) groups is 2. The van der Waals surface area contributed by atoms with E-state index in [1.165, 1.54) is 18.3 Å². The Hall–Kier alpha value is -1.56. The monoisotopic (exact) mass is 283 g/mol. The predicted octanol–water partition coefficient (Wildman–Crippen LogP) is 2.11. The first-order valence-electron chi connectivity index (χ1n) is 6.27. The van der Waals surface area contributed by atoms with E-state index < -0.39 is 5.91 Å². The molecule has 1 aromatic rings. The number of nitrogens with two attached hydrogens (primary N) is 2. The minimum Gasteiger partial charge on any atom is -0.397 e. The van der Waals surface area contributed by atoms with E-state index in [1.807, 2.05) is 11.8 Å². The van der Waals surface area contributed by atoms with Gasteiger partial charge in [-0.05, 0) is 12.8 Å². The van der Waals surface area contributed by atoms with Crippen molar-refractivity contribution in [2.75, 3.05) is 23.7 Å². The van der Waals surface area contributed by atoms with Crippen LogP contribution in [0.5, 0.6) is 0 Å². The zero-order valence-corrected chi connectivity index (χ0v) is 12.6. The van der Waals surface area contributed by atoms with Gasteiger partial charge in [0.25, 0.3) is 5.91 Å². The first-order chi connectivity index (χ1) is 8.79. The van der Waals surface area contributed by atoms with E-state index in [-0.39, 0.29) is 17.0 Å². The molecule has 0 aliphatic carbocycles. The molecule has 0 spiro atoms. The number of thiophene rings is 1. The lowest BCUT2D eigenvalue weighted by molar-refractivity contribution is 0.100. The molecule has 1 aromatic heterocycles. The Morgan fingerprint density at radius 2 is 1.95 bits per heavy atom. The second kappa shape index (κ2) is 6.06. The molecule has 1 rings (SSSR count). The van der Waals surface area contributed by atoms with Crippen molar-refractivity contribution in [2.24, 2.45) is 11.7 Å². The molecule has 106 valence electrons. The smallest absolute Gasteiger partial charge is 0.253 e. The van der Waals surface area contributed by atoms with Crippen LogP contribution in [0.3, 0.4) is 0 Å². The molecule has 0 aliphatic heterocycles. The van der Waals surface area contributed by atoms with E-state index in [1.54, 1.807) is 0 Å². The number of amides is 1. The Labute approximate surface area is 117 Å². The van der Waals surface area contributed by atoms with Gasteiger partial charge >= 0.3 is 0 Å². The molecule has 0 aromatic carbocycles. The van der Waals surface area contributed by atoms with Crippen molar-refractivity contribution in [3.8, 4) is 0 Å². The number of ketones is 1. The first kappa shape index (κ1) is 15.5. The maximum atomic E-state index is 11.6. The van der Waals surface area contributed by atoms with Gasteiger partial charge in [0.05, 0.1) is 16.1 Å². The fourth-order valence-corrected chi connectivity index (χ4v) is 3.14. The number of anilines is 2. The third-order valence-corrected chi connectivity index (χ3v) is 4.11. The minimum absolute atomic E-state index is 0.142. The van der Waals surface area contributed by atoms with Gasteiger partial charge in [-0.3, -0.25) is 9.59 Å². The van der Waals surface area contributed by atoms with Crippen molar-refractivity contribution in [3.05, 3.63) is 10.4 Å². The average molecular weight is 283 g/mol. The zero-order chi connectivity index (χ0) is 14.7. The Morgan fingerprint density at radius 1 is 1.37 bits per heavy atom. The summed E-state index contributed by atoms with van der Waals surface area (Å²) in [7, 11) is 0. The van der Waals surface area contributed by atoms with Gasteiger partial charge in [0.1, 0.15) is 5.00 Å². The maximum Gasteiger partial charge on any atom is 0.253 e. The summed E-state index contributed by atoms with van der Waals surface area (Å²) >= 11 is 1.25. The van der Waals surface area contributed by atoms with E-state index in [0.29, 0.717) is 15.8 Å². The topological polar surface area (TPSA) is 89.4 Å². The van der Waals surface area contributed by atoms with Crippen LogP contribution in [0.1, 0.15) is 47.7 Å². The van der Waals surface area contributed by atoms with E-state index in [0.717, 1.165) is 13.1 Å². The summed E-state index contributed by atoms with van der Waals surface area (Å²) in [5.41, 5.74) is 11.8. The van der Waals surface area contributed by atoms with Crippen LogP contribution in [-0.4, -0.2) is 24.8 Å². The number of hydrogen-bond donors (Lipinski definition) is 2. The fourth-order valence-electron chi connectivity index (χ4n) is 1.95. The predicted molar refractivity (Wildman–Crippen MR) is 80.0 cm³/mol. The van der Waals surface area contributed by atoms with Crippen LogP contribution in [0.25, 0.3) is 0 Å². The molecule has 19 heavy (non-hydrogen) atoms. The Morgan fingerprint density at radius 3 is 2.32 bits per heavy atom. The summed E-state index contributed by atoms with van der Waals surface area (Å²) in [5.74, 6) is -0.292. The molecule has 1 heterocycles. The number of carbonyl (C=O) groups excluding carboxylic acids is 2. The third kappa shape index (κ3) is 3.26. The molecule has 0 bridgehead atoms. The number of nitrogens with zero attached hydrogens (tertiary/aromatic N) is 1. The summed E-state index contributed by atoms with van der Waals surface area (Å²) in [4.78, 5) is 25.6. The van der Waals surface area contributed by atoms with Crippen LogP contribution >= 0.6 is 11.3 Å². The highest BCUT2D eigenvalue weighted by molar-refractivity contribution is 7.19. The summed E-state index contributed by atoms with van der Waals surface area (Å²) in [6.45, 7) is 9.14. The van der Waals surface area contributed by atoms with Gasteiger partial charge in [0, 0.05) is 20.0 Å². The number of hydrogen-bond acceptors (Lipinski definition) is 5. The van der Waals surface area contributed by atoms with Crippen LogP contribution in [0.2, 0.25) is 0 Å². The fraction of sp³-hybridized carbons (Fsp3) is 0.538. The van der Waals surface area contributed by atoms with Crippen molar-refractivity contribution in [1.82, 2.24) is 0 Å². The number of nitrogen functional groups attached to an aromatic ring is 1. The van der Waals surface area contributed by atoms with Crippen LogP contribution in [0.4, 0.5) is 10.7 Å². The van der Waals surface area contributed by atoms with E-state index in [4.69, 9.17) is 11.5 Å².